The molecule has 0 spiro atoms. The number of methoxy groups -OCH3 is 1. The van der Waals surface area contributed by atoms with E-state index < -0.39 is 17.2 Å². The number of carbonyl (C=O) groups is 1. The first kappa shape index (κ1) is 20.8. The van der Waals surface area contributed by atoms with Crippen LogP contribution in [0.5, 0.6) is 23.0 Å². The lowest BCUT2D eigenvalue weighted by atomic mass is 10.0. The molecule has 0 atom stereocenters. The molecular formula is C24H18O8. The number of Topliss-reactive ketones (excluding diaryl/α,β-unsaturated/α-hetero) is 1. The fraction of sp³-hybridized carbons (Fsp3) is 0.0833. The van der Waals surface area contributed by atoms with Crippen molar-refractivity contribution in [1.82, 2.24) is 0 Å². The van der Waals surface area contributed by atoms with E-state index in [0.717, 1.165) is 0 Å². The zero-order chi connectivity index (χ0) is 23.0. The molecular weight excluding hydrogens is 416 g/mol. The molecule has 0 radical (unpaired) electrons. The van der Waals surface area contributed by atoms with E-state index in [-0.39, 0.29) is 39.6 Å². The van der Waals surface area contributed by atoms with Crippen molar-refractivity contribution in [2.24, 2.45) is 0 Å². The second-order valence-electron chi connectivity index (χ2n) is 7.01. The Balaban J connectivity index is 1.82. The molecule has 0 amide bonds. The van der Waals surface area contributed by atoms with Crippen LogP contribution in [0.4, 0.5) is 0 Å². The summed E-state index contributed by atoms with van der Waals surface area (Å²) in [7, 11) is 1.43. The SMILES string of the molecule is COc1cc(/C=C/c2cc3oc(-c4ccc(O)c(O)c4)c(C(C)=O)c3c(=O)o2)ccc1O. The minimum absolute atomic E-state index is 0.00209. The number of phenolic OH excluding ortho intramolecular Hbond substituents is 3. The Labute approximate surface area is 181 Å². The van der Waals surface area contributed by atoms with E-state index >= 15 is 0 Å². The van der Waals surface area contributed by atoms with Gasteiger partial charge in [0.2, 0.25) is 0 Å². The van der Waals surface area contributed by atoms with Crippen molar-refractivity contribution in [3.8, 4) is 34.3 Å². The van der Waals surface area contributed by atoms with Gasteiger partial charge in [0.05, 0.1) is 12.7 Å². The number of carbonyl (C=O) groups excluding carboxylic acids is 1. The van der Waals surface area contributed by atoms with Crippen molar-refractivity contribution >= 4 is 28.9 Å². The first-order chi connectivity index (χ1) is 15.3. The monoisotopic (exact) mass is 434 g/mol. The molecule has 2 aromatic carbocycles. The highest BCUT2D eigenvalue weighted by Crippen LogP contribution is 2.37. The van der Waals surface area contributed by atoms with Gasteiger partial charge in [-0.05, 0) is 48.9 Å². The van der Waals surface area contributed by atoms with Crippen LogP contribution in [0.2, 0.25) is 0 Å². The largest absolute Gasteiger partial charge is 0.504 e. The Morgan fingerprint density at radius 1 is 0.938 bits per heavy atom. The van der Waals surface area contributed by atoms with Gasteiger partial charge in [-0.3, -0.25) is 4.79 Å². The maximum atomic E-state index is 12.7. The summed E-state index contributed by atoms with van der Waals surface area (Å²) in [5, 5.41) is 29.0. The summed E-state index contributed by atoms with van der Waals surface area (Å²) in [6.45, 7) is 1.29. The average Bonchev–Trinajstić information content (AvgIpc) is 3.15. The molecule has 4 rings (SSSR count). The minimum Gasteiger partial charge on any atom is -0.504 e. The molecule has 0 aliphatic carbocycles. The number of aromatic hydroxyl groups is 3. The number of hydrogen-bond donors (Lipinski definition) is 3. The average molecular weight is 434 g/mol. The summed E-state index contributed by atoms with van der Waals surface area (Å²) in [5.74, 6) is -0.582. The lowest BCUT2D eigenvalue weighted by Crippen LogP contribution is -2.04. The lowest BCUT2D eigenvalue weighted by molar-refractivity contribution is 0.101. The van der Waals surface area contributed by atoms with Gasteiger partial charge in [0.25, 0.3) is 0 Å². The van der Waals surface area contributed by atoms with Crippen molar-refractivity contribution in [2.45, 2.75) is 6.92 Å². The molecule has 2 heterocycles. The highest BCUT2D eigenvalue weighted by atomic mass is 16.5. The van der Waals surface area contributed by atoms with Crippen LogP contribution in [0, 0.1) is 0 Å². The first-order valence-corrected chi connectivity index (χ1v) is 9.47. The molecule has 2 aromatic heterocycles. The number of furan rings is 1. The van der Waals surface area contributed by atoms with Gasteiger partial charge in [0.15, 0.2) is 28.8 Å². The summed E-state index contributed by atoms with van der Waals surface area (Å²) in [6.07, 6.45) is 3.19. The van der Waals surface area contributed by atoms with Crippen LogP contribution in [0.1, 0.15) is 28.6 Å². The Morgan fingerprint density at radius 3 is 2.38 bits per heavy atom. The Hall–Kier alpha value is -4.46. The van der Waals surface area contributed by atoms with Gasteiger partial charge >= 0.3 is 5.63 Å². The standard InChI is InChI=1S/C24H18O8/c1-12(25)21-22-20(32-23(21)14-5-8-16(26)18(28)10-14)11-15(31-24(22)29)6-3-13-4-7-17(27)19(9-13)30-2/h3-11,26-28H,1-2H3/b6-3+. The Morgan fingerprint density at radius 2 is 1.69 bits per heavy atom. The molecule has 8 nitrogen and oxygen atoms in total. The van der Waals surface area contributed by atoms with Crippen LogP contribution in [0.3, 0.4) is 0 Å². The summed E-state index contributed by atoms with van der Waals surface area (Å²) in [5.41, 5.74) is 0.407. The summed E-state index contributed by atoms with van der Waals surface area (Å²) in [6, 6.07) is 10.2. The van der Waals surface area contributed by atoms with Crippen LogP contribution >= 0.6 is 0 Å². The van der Waals surface area contributed by atoms with Gasteiger partial charge in [0.1, 0.15) is 22.5 Å². The molecule has 0 aliphatic rings. The molecule has 0 unspecified atom stereocenters. The third-order valence-electron chi connectivity index (χ3n) is 4.86. The van der Waals surface area contributed by atoms with E-state index in [2.05, 4.69) is 0 Å². The molecule has 0 aliphatic heterocycles. The number of fused-ring (bicyclic) bond motifs is 1. The fourth-order valence-electron chi connectivity index (χ4n) is 3.33. The quantitative estimate of drug-likeness (QED) is 0.308. The molecule has 4 aromatic rings. The Bertz CT molecular complexity index is 1440. The van der Waals surface area contributed by atoms with Crippen molar-refractivity contribution < 1.29 is 33.7 Å². The van der Waals surface area contributed by atoms with E-state index in [1.54, 1.807) is 18.2 Å². The summed E-state index contributed by atoms with van der Waals surface area (Å²) in [4.78, 5) is 25.0. The van der Waals surface area contributed by atoms with Crippen LogP contribution in [-0.4, -0.2) is 28.2 Å². The number of ketones is 1. The number of hydrogen-bond acceptors (Lipinski definition) is 8. The molecule has 8 heteroatoms. The maximum Gasteiger partial charge on any atom is 0.348 e. The van der Waals surface area contributed by atoms with E-state index in [1.165, 1.54) is 50.4 Å². The predicted octanol–water partition coefficient (Wildman–Crippen LogP) is 4.55. The lowest BCUT2D eigenvalue weighted by Gasteiger charge is -2.03. The Kier molecular flexibility index (Phi) is 5.19. The second-order valence-corrected chi connectivity index (χ2v) is 7.01. The van der Waals surface area contributed by atoms with Crippen molar-refractivity contribution in [3.63, 3.8) is 0 Å². The molecule has 162 valence electrons. The van der Waals surface area contributed by atoms with Crippen LogP contribution in [0.25, 0.3) is 34.4 Å². The maximum absolute atomic E-state index is 12.7. The highest BCUT2D eigenvalue weighted by molar-refractivity contribution is 6.11. The van der Waals surface area contributed by atoms with Gasteiger partial charge < -0.3 is 28.9 Å². The van der Waals surface area contributed by atoms with Crippen molar-refractivity contribution in [2.75, 3.05) is 7.11 Å². The second kappa shape index (κ2) is 7.99. The molecule has 0 bridgehead atoms. The smallest absolute Gasteiger partial charge is 0.348 e. The van der Waals surface area contributed by atoms with Gasteiger partial charge in [-0.15, -0.1) is 0 Å². The number of ether oxygens (including phenoxy) is 1. The molecule has 0 saturated heterocycles. The number of phenols is 3. The van der Waals surface area contributed by atoms with Gasteiger partial charge in [0, 0.05) is 11.6 Å². The van der Waals surface area contributed by atoms with E-state index in [9.17, 15) is 24.9 Å². The minimum atomic E-state index is -0.756. The van der Waals surface area contributed by atoms with Crippen molar-refractivity contribution in [1.29, 1.82) is 0 Å². The van der Waals surface area contributed by atoms with E-state index in [1.807, 2.05) is 0 Å². The topological polar surface area (TPSA) is 130 Å². The third kappa shape index (κ3) is 3.69. The zero-order valence-electron chi connectivity index (χ0n) is 17.1. The van der Waals surface area contributed by atoms with Gasteiger partial charge in [-0.2, -0.15) is 0 Å². The van der Waals surface area contributed by atoms with E-state index in [4.69, 9.17) is 13.6 Å². The van der Waals surface area contributed by atoms with Gasteiger partial charge in [-0.1, -0.05) is 12.1 Å². The highest BCUT2D eigenvalue weighted by Gasteiger charge is 2.24. The summed E-state index contributed by atoms with van der Waals surface area (Å²) >= 11 is 0. The van der Waals surface area contributed by atoms with Gasteiger partial charge in [-0.25, -0.2) is 4.79 Å². The zero-order valence-corrected chi connectivity index (χ0v) is 17.1. The number of rotatable bonds is 5. The van der Waals surface area contributed by atoms with Crippen LogP contribution in [0.15, 0.2) is 56.1 Å². The van der Waals surface area contributed by atoms with Crippen LogP contribution in [-0.2, 0) is 0 Å². The van der Waals surface area contributed by atoms with Crippen molar-refractivity contribution in [3.05, 3.63) is 69.8 Å². The molecule has 3 N–H and O–H groups in total. The van der Waals surface area contributed by atoms with E-state index in [0.29, 0.717) is 16.9 Å². The normalized spacial score (nSPS) is 11.3. The van der Waals surface area contributed by atoms with Crippen LogP contribution < -0.4 is 10.4 Å². The summed E-state index contributed by atoms with van der Waals surface area (Å²) < 4.78 is 16.2. The number of benzene rings is 2. The fourth-order valence-corrected chi connectivity index (χ4v) is 3.33. The molecule has 32 heavy (non-hydrogen) atoms. The first-order valence-electron chi connectivity index (χ1n) is 9.47. The predicted molar refractivity (Wildman–Crippen MR) is 117 cm³/mol. The molecule has 0 saturated carbocycles. The molecule has 0 fully saturated rings. The third-order valence-corrected chi connectivity index (χ3v) is 4.86.